The molecule has 1 aromatic heterocycles. The van der Waals surface area contributed by atoms with Crippen LogP contribution in [0, 0.1) is 6.92 Å². The van der Waals surface area contributed by atoms with Gasteiger partial charge in [-0.25, -0.2) is 8.42 Å². The summed E-state index contributed by atoms with van der Waals surface area (Å²) in [5.41, 5.74) is 5.55. The zero-order chi connectivity index (χ0) is 17.6. The number of pyridine rings is 1. The third kappa shape index (κ3) is 2.87. The van der Waals surface area contributed by atoms with Crippen molar-refractivity contribution >= 4 is 37.8 Å². The summed E-state index contributed by atoms with van der Waals surface area (Å²) in [5, 5.41) is 12.3. The molecule has 0 unspecified atom stereocenters. The van der Waals surface area contributed by atoms with E-state index < -0.39 is 9.84 Å². The van der Waals surface area contributed by atoms with E-state index in [1.54, 1.807) is 24.4 Å². The Morgan fingerprint density at radius 1 is 1.12 bits per heavy atom. The molecule has 1 N–H and O–H groups in total. The molecule has 0 saturated carbocycles. The van der Waals surface area contributed by atoms with Gasteiger partial charge < -0.3 is 5.32 Å². The summed E-state index contributed by atoms with van der Waals surface area (Å²) in [6.45, 7) is 2.66. The molecule has 0 saturated heterocycles. The molecule has 0 fully saturated rings. The summed E-state index contributed by atoms with van der Waals surface area (Å²) >= 11 is 0. The van der Waals surface area contributed by atoms with Gasteiger partial charge in [0.1, 0.15) is 0 Å². The van der Waals surface area contributed by atoms with Gasteiger partial charge in [0, 0.05) is 34.8 Å². The molecular formula is C18H16N4O2S. The van der Waals surface area contributed by atoms with Crippen LogP contribution in [0.3, 0.4) is 0 Å². The second-order valence-corrected chi connectivity index (χ2v) is 8.14. The molecule has 3 aromatic rings. The van der Waals surface area contributed by atoms with Crippen LogP contribution in [0.4, 0.5) is 17.1 Å². The lowest BCUT2D eigenvalue weighted by atomic mass is 10.1. The van der Waals surface area contributed by atoms with E-state index in [4.69, 9.17) is 0 Å². The van der Waals surface area contributed by atoms with E-state index in [-0.39, 0.29) is 4.90 Å². The Hall–Kier alpha value is -2.80. The van der Waals surface area contributed by atoms with Crippen LogP contribution in [0.2, 0.25) is 0 Å². The minimum Gasteiger partial charge on any atom is -0.355 e. The number of nitrogens with zero attached hydrogens (tertiary/aromatic N) is 3. The number of hydrogen-bond donors (Lipinski definition) is 1. The first-order valence-electron chi connectivity index (χ1n) is 7.79. The second kappa shape index (κ2) is 5.63. The van der Waals surface area contributed by atoms with E-state index in [9.17, 15) is 8.42 Å². The number of benzene rings is 2. The summed E-state index contributed by atoms with van der Waals surface area (Å²) in [7, 11) is -3.28. The maximum Gasteiger partial charge on any atom is 0.175 e. The summed E-state index contributed by atoms with van der Waals surface area (Å²) < 4.78 is 23.7. The van der Waals surface area contributed by atoms with Crippen molar-refractivity contribution in [2.45, 2.75) is 18.4 Å². The van der Waals surface area contributed by atoms with Gasteiger partial charge in [0.25, 0.3) is 0 Å². The molecule has 0 bridgehead atoms. The number of fused-ring (bicyclic) bond motifs is 2. The van der Waals surface area contributed by atoms with E-state index in [0.717, 1.165) is 39.1 Å². The van der Waals surface area contributed by atoms with Crippen molar-refractivity contribution in [3.05, 3.63) is 53.7 Å². The molecule has 126 valence electrons. The van der Waals surface area contributed by atoms with Crippen LogP contribution >= 0.6 is 0 Å². The molecule has 0 amide bonds. The third-order valence-electron chi connectivity index (χ3n) is 4.28. The molecule has 0 spiro atoms. The third-order valence-corrected chi connectivity index (χ3v) is 5.39. The average molecular weight is 352 g/mol. The fourth-order valence-corrected chi connectivity index (χ4v) is 3.62. The molecule has 6 nitrogen and oxygen atoms in total. The predicted octanol–water partition coefficient (Wildman–Crippen LogP) is 4.29. The van der Waals surface area contributed by atoms with E-state index in [1.807, 2.05) is 25.1 Å². The molecule has 1 aliphatic heterocycles. The van der Waals surface area contributed by atoms with Crippen LogP contribution in [-0.4, -0.2) is 19.7 Å². The SMILES string of the molecule is Cc1cc(Nc2ccnc3ccc(S(C)(=O)=O)cc23)cc2c1CN=N2. The van der Waals surface area contributed by atoms with Crippen LogP contribution in [0.25, 0.3) is 10.9 Å². The van der Waals surface area contributed by atoms with Crippen molar-refractivity contribution in [2.24, 2.45) is 10.2 Å². The van der Waals surface area contributed by atoms with Crippen LogP contribution in [0.5, 0.6) is 0 Å². The van der Waals surface area contributed by atoms with Crippen LogP contribution in [0.1, 0.15) is 11.1 Å². The van der Waals surface area contributed by atoms with E-state index in [0.29, 0.717) is 6.54 Å². The smallest absolute Gasteiger partial charge is 0.175 e. The molecule has 7 heteroatoms. The monoisotopic (exact) mass is 352 g/mol. The summed E-state index contributed by atoms with van der Waals surface area (Å²) in [6, 6.07) is 10.8. The standard InChI is InChI=1S/C18H16N4O2S/c1-11-7-12(8-18-15(11)10-20-22-18)21-17-5-6-19-16-4-3-13(9-14(16)17)25(2,23)24/h3-9H,10H2,1-2H3,(H,19,21). The molecule has 1 aliphatic rings. The molecule has 0 atom stereocenters. The largest absolute Gasteiger partial charge is 0.355 e. The minimum absolute atomic E-state index is 0.273. The fraction of sp³-hybridized carbons (Fsp3) is 0.167. The van der Waals surface area contributed by atoms with Crippen molar-refractivity contribution in [1.29, 1.82) is 0 Å². The van der Waals surface area contributed by atoms with E-state index >= 15 is 0 Å². The summed E-state index contributed by atoms with van der Waals surface area (Å²) in [4.78, 5) is 4.59. The predicted molar refractivity (Wildman–Crippen MR) is 97.5 cm³/mol. The zero-order valence-electron chi connectivity index (χ0n) is 13.8. The van der Waals surface area contributed by atoms with Gasteiger partial charge >= 0.3 is 0 Å². The maximum absolute atomic E-state index is 11.9. The Bertz CT molecular complexity index is 1140. The highest BCUT2D eigenvalue weighted by atomic mass is 32.2. The van der Waals surface area contributed by atoms with Gasteiger partial charge in [-0.05, 0) is 48.9 Å². The molecule has 0 aliphatic carbocycles. The van der Waals surface area contributed by atoms with E-state index in [2.05, 4.69) is 20.5 Å². The summed E-state index contributed by atoms with van der Waals surface area (Å²) in [6.07, 6.45) is 2.90. The number of anilines is 2. The van der Waals surface area contributed by atoms with Gasteiger partial charge in [0.2, 0.25) is 0 Å². The van der Waals surface area contributed by atoms with Gasteiger partial charge in [0.05, 0.1) is 22.6 Å². The van der Waals surface area contributed by atoms with Crippen LogP contribution in [0.15, 0.2) is 57.7 Å². The normalized spacial score (nSPS) is 13.2. The van der Waals surface area contributed by atoms with Gasteiger partial charge in [-0.2, -0.15) is 10.2 Å². The number of rotatable bonds is 3. The number of azo groups is 1. The van der Waals surface area contributed by atoms with Crippen LogP contribution < -0.4 is 5.32 Å². The van der Waals surface area contributed by atoms with Crippen molar-refractivity contribution in [3.63, 3.8) is 0 Å². The Labute approximate surface area is 145 Å². The molecule has 2 heterocycles. The lowest BCUT2D eigenvalue weighted by molar-refractivity contribution is 0.602. The highest BCUT2D eigenvalue weighted by molar-refractivity contribution is 7.90. The average Bonchev–Trinajstić information content (AvgIpc) is 3.03. The molecule has 2 aromatic carbocycles. The van der Waals surface area contributed by atoms with Gasteiger partial charge in [0.15, 0.2) is 9.84 Å². The van der Waals surface area contributed by atoms with E-state index in [1.165, 1.54) is 6.26 Å². The lowest BCUT2D eigenvalue weighted by Crippen LogP contribution is -1.99. The van der Waals surface area contributed by atoms with Gasteiger partial charge in [-0.3, -0.25) is 4.98 Å². The van der Waals surface area contributed by atoms with Gasteiger partial charge in [-0.1, -0.05) is 0 Å². The highest BCUT2D eigenvalue weighted by Gasteiger charge is 2.14. The second-order valence-electron chi connectivity index (χ2n) is 6.12. The van der Waals surface area contributed by atoms with Crippen molar-refractivity contribution < 1.29 is 8.42 Å². The molecule has 25 heavy (non-hydrogen) atoms. The zero-order valence-corrected chi connectivity index (χ0v) is 14.6. The van der Waals surface area contributed by atoms with Crippen molar-refractivity contribution in [1.82, 2.24) is 4.98 Å². The number of sulfone groups is 1. The Morgan fingerprint density at radius 2 is 1.96 bits per heavy atom. The molecular weight excluding hydrogens is 336 g/mol. The number of nitrogens with one attached hydrogen (secondary N) is 1. The minimum atomic E-state index is -3.28. The van der Waals surface area contributed by atoms with Gasteiger partial charge in [-0.15, -0.1) is 0 Å². The fourth-order valence-electron chi connectivity index (χ4n) is 2.97. The highest BCUT2D eigenvalue weighted by Crippen LogP contribution is 2.35. The lowest BCUT2D eigenvalue weighted by Gasteiger charge is -2.12. The quantitative estimate of drug-likeness (QED) is 0.762. The topological polar surface area (TPSA) is 83.8 Å². The van der Waals surface area contributed by atoms with Crippen LogP contribution in [-0.2, 0) is 16.4 Å². The Morgan fingerprint density at radius 3 is 2.76 bits per heavy atom. The first kappa shape index (κ1) is 15.7. The molecule has 4 rings (SSSR count). The van der Waals surface area contributed by atoms with Crippen molar-refractivity contribution in [3.8, 4) is 0 Å². The first-order chi connectivity index (χ1) is 11.9. The Kier molecular flexibility index (Phi) is 3.54. The number of hydrogen-bond acceptors (Lipinski definition) is 6. The number of aromatic nitrogens is 1. The number of aryl methyl sites for hydroxylation is 1. The first-order valence-corrected chi connectivity index (χ1v) is 9.68. The summed E-state index contributed by atoms with van der Waals surface area (Å²) in [5.74, 6) is 0. The van der Waals surface area contributed by atoms with Crippen molar-refractivity contribution in [2.75, 3.05) is 11.6 Å². The maximum atomic E-state index is 11.9. The Balaban J connectivity index is 1.82. The molecule has 0 radical (unpaired) electrons.